The number of carbonyl (C=O) groups excluding carboxylic acids is 2. The molecule has 3 N–H and O–H groups in total. The average Bonchev–Trinajstić information content (AvgIpc) is 3.08. The van der Waals surface area contributed by atoms with Gasteiger partial charge in [-0.2, -0.15) is 0 Å². The molecule has 2 aromatic carbocycles. The molecular weight excluding hydrogens is 432 g/mol. The van der Waals surface area contributed by atoms with Crippen molar-refractivity contribution in [3.63, 3.8) is 0 Å². The highest BCUT2D eigenvalue weighted by Crippen LogP contribution is 2.44. The van der Waals surface area contributed by atoms with E-state index in [1.807, 2.05) is 45.0 Å². The molecule has 2 amide bonds. The first-order valence-corrected chi connectivity index (χ1v) is 11.5. The van der Waals surface area contributed by atoms with Crippen molar-refractivity contribution in [1.82, 2.24) is 10.6 Å². The van der Waals surface area contributed by atoms with E-state index in [9.17, 15) is 19.5 Å². The Morgan fingerprint density at radius 3 is 1.97 bits per heavy atom. The summed E-state index contributed by atoms with van der Waals surface area (Å²) in [5.41, 5.74) is 3.18. The van der Waals surface area contributed by atoms with E-state index in [-0.39, 0.29) is 31.4 Å². The van der Waals surface area contributed by atoms with Gasteiger partial charge in [-0.15, -0.1) is 0 Å². The molecule has 0 heterocycles. The molecule has 1 aliphatic carbocycles. The number of aliphatic carboxylic acids is 1. The van der Waals surface area contributed by atoms with Crippen molar-refractivity contribution in [3.8, 4) is 11.1 Å². The standard InChI is InChI=1S/C27H34N2O5/c1-26(2,3)22(14-23(30)31)29-24(32)27(4,5)16-28-25(33)34-15-21-19-12-8-6-10-17(19)18-11-7-9-13-20(18)21/h6-13,21-22H,14-16H2,1-5H3,(H,28,33)(H,29,32)(H,30,31). The lowest BCUT2D eigenvalue weighted by molar-refractivity contribution is -0.139. The molecule has 0 aromatic heterocycles. The summed E-state index contributed by atoms with van der Waals surface area (Å²) in [6.07, 6.45) is -0.772. The fourth-order valence-electron chi connectivity index (χ4n) is 4.12. The Balaban J connectivity index is 1.57. The number of amides is 2. The van der Waals surface area contributed by atoms with Gasteiger partial charge in [0.2, 0.25) is 5.91 Å². The molecule has 0 aliphatic heterocycles. The van der Waals surface area contributed by atoms with E-state index in [2.05, 4.69) is 34.9 Å². The second-order valence-corrected chi connectivity index (χ2v) is 10.6. The summed E-state index contributed by atoms with van der Waals surface area (Å²) in [6, 6.07) is 15.7. The van der Waals surface area contributed by atoms with E-state index >= 15 is 0 Å². The zero-order valence-electron chi connectivity index (χ0n) is 20.5. The lowest BCUT2D eigenvalue weighted by atomic mass is 9.83. The number of nitrogens with one attached hydrogen (secondary N) is 2. The third-order valence-corrected chi connectivity index (χ3v) is 6.36. The highest BCUT2D eigenvalue weighted by molar-refractivity contribution is 5.84. The van der Waals surface area contributed by atoms with Gasteiger partial charge in [-0.05, 0) is 41.5 Å². The molecule has 7 nitrogen and oxygen atoms in total. The Hall–Kier alpha value is -3.35. The maximum atomic E-state index is 12.9. The molecule has 182 valence electrons. The molecule has 0 saturated heterocycles. The van der Waals surface area contributed by atoms with Gasteiger partial charge >= 0.3 is 12.1 Å². The number of hydrogen-bond acceptors (Lipinski definition) is 4. The van der Waals surface area contributed by atoms with Crippen LogP contribution in [0, 0.1) is 10.8 Å². The lowest BCUT2D eigenvalue weighted by Crippen LogP contribution is -2.52. The first-order chi connectivity index (χ1) is 15.9. The van der Waals surface area contributed by atoms with E-state index in [0.29, 0.717) is 0 Å². The van der Waals surface area contributed by atoms with Crippen LogP contribution in [0.5, 0.6) is 0 Å². The Labute approximate surface area is 200 Å². The molecule has 0 fully saturated rings. The number of carbonyl (C=O) groups is 3. The van der Waals surface area contributed by atoms with E-state index in [0.717, 1.165) is 22.3 Å². The van der Waals surface area contributed by atoms with Crippen molar-refractivity contribution < 1.29 is 24.2 Å². The summed E-state index contributed by atoms with van der Waals surface area (Å²) in [6.45, 7) is 9.28. The number of hydrogen-bond donors (Lipinski definition) is 3. The molecule has 0 radical (unpaired) electrons. The smallest absolute Gasteiger partial charge is 0.407 e. The minimum Gasteiger partial charge on any atom is -0.481 e. The Bertz CT molecular complexity index is 1030. The van der Waals surface area contributed by atoms with Crippen LogP contribution in [0.4, 0.5) is 4.79 Å². The van der Waals surface area contributed by atoms with Crippen LogP contribution in [-0.4, -0.2) is 42.3 Å². The summed E-state index contributed by atoms with van der Waals surface area (Å²) < 4.78 is 5.54. The minimum atomic E-state index is -0.977. The minimum absolute atomic E-state index is 0.0435. The van der Waals surface area contributed by atoms with Crippen LogP contribution >= 0.6 is 0 Å². The van der Waals surface area contributed by atoms with Crippen LogP contribution in [0.1, 0.15) is 58.1 Å². The number of rotatable bonds is 8. The monoisotopic (exact) mass is 466 g/mol. The third-order valence-electron chi connectivity index (χ3n) is 6.36. The summed E-state index contributed by atoms with van der Waals surface area (Å²) >= 11 is 0. The van der Waals surface area contributed by atoms with Crippen molar-refractivity contribution >= 4 is 18.0 Å². The second-order valence-electron chi connectivity index (χ2n) is 10.6. The normalized spacial score (nSPS) is 14.0. The molecule has 1 atom stereocenters. The molecule has 7 heteroatoms. The molecule has 1 aliphatic rings. The van der Waals surface area contributed by atoms with Crippen molar-refractivity contribution in [2.45, 2.75) is 53.0 Å². The summed E-state index contributed by atoms with van der Waals surface area (Å²) in [7, 11) is 0. The predicted octanol–water partition coefficient (Wildman–Crippen LogP) is 4.56. The molecule has 0 bridgehead atoms. The molecule has 0 saturated carbocycles. The topological polar surface area (TPSA) is 105 Å². The van der Waals surface area contributed by atoms with Gasteiger partial charge in [0.15, 0.2) is 0 Å². The van der Waals surface area contributed by atoms with Crippen LogP contribution < -0.4 is 10.6 Å². The van der Waals surface area contributed by atoms with Crippen LogP contribution in [0.2, 0.25) is 0 Å². The maximum absolute atomic E-state index is 12.9. The molecule has 0 spiro atoms. The fraction of sp³-hybridized carbons (Fsp3) is 0.444. The van der Waals surface area contributed by atoms with E-state index in [4.69, 9.17) is 4.74 Å². The summed E-state index contributed by atoms with van der Waals surface area (Å²) in [4.78, 5) is 36.6. The molecule has 1 unspecified atom stereocenters. The highest BCUT2D eigenvalue weighted by atomic mass is 16.5. The number of carboxylic acids is 1. The molecule has 34 heavy (non-hydrogen) atoms. The van der Waals surface area contributed by atoms with Gasteiger partial charge in [-0.25, -0.2) is 4.79 Å². The summed E-state index contributed by atoms with van der Waals surface area (Å²) in [5.74, 6) is -1.35. The van der Waals surface area contributed by atoms with E-state index < -0.39 is 28.9 Å². The number of alkyl carbamates (subject to hydrolysis) is 1. The zero-order chi connectivity index (χ0) is 25.1. The van der Waals surface area contributed by atoms with Crippen molar-refractivity contribution in [3.05, 3.63) is 59.7 Å². The third kappa shape index (κ3) is 5.76. The van der Waals surface area contributed by atoms with Gasteiger partial charge in [0.25, 0.3) is 0 Å². The number of carboxylic acid groups (broad SMARTS) is 1. The van der Waals surface area contributed by atoms with Gasteiger partial charge in [-0.1, -0.05) is 69.3 Å². The van der Waals surface area contributed by atoms with Crippen molar-refractivity contribution in [1.29, 1.82) is 0 Å². The van der Waals surface area contributed by atoms with E-state index in [1.165, 1.54) is 0 Å². The van der Waals surface area contributed by atoms with Gasteiger partial charge in [0, 0.05) is 18.5 Å². The Morgan fingerprint density at radius 2 is 1.47 bits per heavy atom. The molecular formula is C27H34N2O5. The van der Waals surface area contributed by atoms with Crippen LogP contribution in [0.3, 0.4) is 0 Å². The molecule has 2 aromatic rings. The maximum Gasteiger partial charge on any atom is 0.407 e. The highest BCUT2D eigenvalue weighted by Gasteiger charge is 2.35. The van der Waals surface area contributed by atoms with Crippen molar-refractivity contribution in [2.24, 2.45) is 10.8 Å². The quantitative estimate of drug-likeness (QED) is 0.529. The first kappa shape index (κ1) is 25.3. The second kappa shape index (κ2) is 9.87. The largest absolute Gasteiger partial charge is 0.481 e. The SMILES string of the molecule is CC(C)(CNC(=O)OCC1c2ccccc2-c2ccccc21)C(=O)NC(CC(=O)O)C(C)(C)C. The molecule has 3 rings (SSSR count). The first-order valence-electron chi connectivity index (χ1n) is 11.5. The van der Waals surface area contributed by atoms with Crippen LogP contribution in [0.25, 0.3) is 11.1 Å². The average molecular weight is 467 g/mol. The van der Waals surface area contributed by atoms with Gasteiger partial charge in [-0.3, -0.25) is 9.59 Å². The zero-order valence-corrected chi connectivity index (χ0v) is 20.5. The fourth-order valence-corrected chi connectivity index (χ4v) is 4.12. The van der Waals surface area contributed by atoms with Crippen LogP contribution in [0.15, 0.2) is 48.5 Å². The number of fused-ring (bicyclic) bond motifs is 3. The van der Waals surface area contributed by atoms with Crippen LogP contribution in [-0.2, 0) is 14.3 Å². The lowest BCUT2D eigenvalue weighted by Gasteiger charge is -2.34. The van der Waals surface area contributed by atoms with Gasteiger partial charge in [0.1, 0.15) is 6.61 Å². The Morgan fingerprint density at radius 1 is 0.941 bits per heavy atom. The Kier molecular flexibility index (Phi) is 7.34. The predicted molar refractivity (Wildman–Crippen MR) is 130 cm³/mol. The number of ether oxygens (including phenoxy) is 1. The number of benzene rings is 2. The van der Waals surface area contributed by atoms with Gasteiger partial charge in [0.05, 0.1) is 11.8 Å². The van der Waals surface area contributed by atoms with Crippen molar-refractivity contribution in [2.75, 3.05) is 13.2 Å². The van der Waals surface area contributed by atoms with E-state index in [1.54, 1.807) is 13.8 Å². The van der Waals surface area contributed by atoms with Gasteiger partial charge < -0.3 is 20.5 Å². The summed E-state index contributed by atoms with van der Waals surface area (Å²) in [5, 5.41) is 14.7.